The number of amides is 1. The van der Waals surface area contributed by atoms with Gasteiger partial charge in [-0.3, -0.25) is 4.79 Å². The van der Waals surface area contributed by atoms with E-state index in [9.17, 15) is 4.79 Å². The second-order valence-electron chi connectivity index (χ2n) is 10.1. The van der Waals surface area contributed by atoms with Crippen molar-refractivity contribution in [3.63, 3.8) is 0 Å². The summed E-state index contributed by atoms with van der Waals surface area (Å²) in [7, 11) is 2.26. The number of hydrogen-bond acceptors (Lipinski definition) is 2. The number of anilines is 2. The van der Waals surface area contributed by atoms with Crippen molar-refractivity contribution in [1.29, 1.82) is 0 Å². The lowest BCUT2D eigenvalue weighted by atomic mass is 9.49. The summed E-state index contributed by atoms with van der Waals surface area (Å²) in [5.41, 5.74) is 2.55. The second kappa shape index (κ2) is 6.80. The van der Waals surface area contributed by atoms with Crippen LogP contribution < -0.4 is 15.1 Å². The minimum Gasteiger partial charge on any atom is -0.360 e. The molecule has 5 aliphatic rings. The van der Waals surface area contributed by atoms with Crippen LogP contribution in [0.2, 0.25) is 0 Å². The van der Waals surface area contributed by atoms with E-state index >= 15 is 0 Å². The largest absolute Gasteiger partial charge is 0.360 e. The van der Waals surface area contributed by atoms with Gasteiger partial charge in [-0.05, 0) is 86.0 Å². The van der Waals surface area contributed by atoms with E-state index in [2.05, 4.69) is 41.5 Å². The van der Waals surface area contributed by atoms with Crippen LogP contribution in [0.5, 0.6) is 0 Å². The third-order valence-corrected chi connectivity index (χ3v) is 7.83. The molecule has 4 nitrogen and oxygen atoms in total. The Morgan fingerprint density at radius 1 is 1.04 bits per heavy atom. The van der Waals surface area contributed by atoms with Gasteiger partial charge < -0.3 is 15.1 Å². The number of likely N-dealkylation sites (N-methyl/N-ethyl adjacent to an activating group) is 1. The highest BCUT2D eigenvalue weighted by Gasteiger charge is 2.51. The molecule has 2 N–H and O–H groups in total. The highest BCUT2D eigenvalue weighted by Crippen LogP contribution is 2.61. The molecular formula is C23H34N3O+. The summed E-state index contributed by atoms with van der Waals surface area (Å²) in [6.07, 6.45) is 8.96. The topological polar surface area (TPSA) is 36.8 Å². The van der Waals surface area contributed by atoms with Crippen molar-refractivity contribution >= 4 is 17.3 Å². The first-order chi connectivity index (χ1) is 13.1. The molecule has 0 spiro atoms. The summed E-state index contributed by atoms with van der Waals surface area (Å²) in [6, 6.07) is 8.50. The van der Waals surface area contributed by atoms with Crippen molar-refractivity contribution in [2.75, 3.05) is 43.4 Å². The average molecular weight is 369 g/mol. The lowest BCUT2D eigenvalue weighted by Crippen LogP contribution is -3.12. The predicted molar refractivity (Wildman–Crippen MR) is 109 cm³/mol. The number of benzene rings is 1. The summed E-state index contributed by atoms with van der Waals surface area (Å²) in [4.78, 5) is 16.9. The molecule has 4 heteroatoms. The van der Waals surface area contributed by atoms with Crippen LogP contribution >= 0.6 is 0 Å². The molecule has 1 heterocycles. The highest BCUT2D eigenvalue weighted by molar-refractivity contribution is 5.91. The highest BCUT2D eigenvalue weighted by atomic mass is 16.1. The van der Waals surface area contributed by atoms with Gasteiger partial charge in [0.15, 0.2) is 0 Å². The maximum Gasteiger partial charge on any atom is 0.224 e. The Labute approximate surface area is 163 Å². The van der Waals surface area contributed by atoms with E-state index in [4.69, 9.17) is 0 Å². The van der Waals surface area contributed by atoms with Crippen molar-refractivity contribution in [3.8, 4) is 0 Å². The van der Waals surface area contributed by atoms with Gasteiger partial charge in [-0.1, -0.05) is 0 Å². The zero-order chi connectivity index (χ0) is 18.4. The average Bonchev–Trinajstić information content (AvgIpc) is 2.61. The Kier molecular flexibility index (Phi) is 4.42. The SMILES string of the molecule is C[NH+]1CCN(c2ccc(NC(=O)CC34CC5CC(CC(C5)C3)C4)cc2)CC1. The zero-order valence-electron chi connectivity index (χ0n) is 16.7. The molecule has 4 bridgehead atoms. The molecular weight excluding hydrogens is 334 g/mol. The zero-order valence-corrected chi connectivity index (χ0v) is 16.7. The van der Waals surface area contributed by atoms with Crippen LogP contribution in [0.15, 0.2) is 24.3 Å². The number of piperazine rings is 1. The van der Waals surface area contributed by atoms with E-state index < -0.39 is 0 Å². The minimum absolute atomic E-state index is 0.230. The Morgan fingerprint density at radius 3 is 2.15 bits per heavy atom. The molecule has 4 saturated carbocycles. The fourth-order valence-corrected chi connectivity index (χ4v) is 6.95. The van der Waals surface area contributed by atoms with E-state index in [1.54, 1.807) is 4.90 Å². The first kappa shape index (κ1) is 17.5. The van der Waals surface area contributed by atoms with E-state index in [1.165, 1.54) is 57.3 Å². The van der Waals surface area contributed by atoms with Crippen molar-refractivity contribution in [2.24, 2.45) is 23.2 Å². The molecule has 146 valence electrons. The smallest absolute Gasteiger partial charge is 0.224 e. The third-order valence-electron chi connectivity index (χ3n) is 7.83. The van der Waals surface area contributed by atoms with Gasteiger partial charge in [0.1, 0.15) is 0 Å². The van der Waals surface area contributed by atoms with Gasteiger partial charge in [0.2, 0.25) is 5.91 Å². The number of hydrogen-bond donors (Lipinski definition) is 2. The van der Waals surface area contributed by atoms with Crippen LogP contribution in [-0.4, -0.2) is 39.1 Å². The van der Waals surface area contributed by atoms with Gasteiger partial charge in [-0.2, -0.15) is 0 Å². The normalized spacial score (nSPS) is 35.4. The molecule has 4 aliphatic carbocycles. The minimum atomic E-state index is 0.230. The lowest BCUT2D eigenvalue weighted by molar-refractivity contribution is -0.880. The molecule has 0 atom stereocenters. The first-order valence-electron chi connectivity index (χ1n) is 11.0. The Morgan fingerprint density at radius 2 is 1.59 bits per heavy atom. The fourth-order valence-electron chi connectivity index (χ4n) is 6.95. The Hall–Kier alpha value is -1.55. The van der Waals surface area contributed by atoms with Crippen LogP contribution in [-0.2, 0) is 4.79 Å². The number of quaternary nitrogens is 1. The number of nitrogens with zero attached hydrogens (tertiary/aromatic N) is 1. The maximum absolute atomic E-state index is 12.8. The van der Waals surface area contributed by atoms with Crippen molar-refractivity contribution in [2.45, 2.75) is 44.9 Å². The third kappa shape index (κ3) is 3.61. The van der Waals surface area contributed by atoms with Crippen LogP contribution in [0.3, 0.4) is 0 Å². The molecule has 1 aliphatic heterocycles. The van der Waals surface area contributed by atoms with E-state index in [0.717, 1.165) is 43.0 Å². The summed E-state index contributed by atoms with van der Waals surface area (Å²) in [6.45, 7) is 4.63. The van der Waals surface area contributed by atoms with Gasteiger partial charge in [0.05, 0.1) is 33.2 Å². The van der Waals surface area contributed by atoms with E-state index in [1.807, 2.05) is 0 Å². The quantitative estimate of drug-likeness (QED) is 0.857. The number of nitrogens with one attached hydrogen (secondary N) is 2. The lowest BCUT2D eigenvalue weighted by Gasteiger charge is -2.56. The molecule has 1 saturated heterocycles. The number of carbonyl (C=O) groups excluding carboxylic acids is 1. The molecule has 6 rings (SSSR count). The van der Waals surface area contributed by atoms with Gasteiger partial charge in [0.25, 0.3) is 0 Å². The predicted octanol–water partition coefficient (Wildman–Crippen LogP) is 2.57. The van der Waals surface area contributed by atoms with Gasteiger partial charge in [-0.25, -0.2) is 0 Å². The summed E-state index contributed by atoms with van der Waals surface area (Å²) >= 11 is 0. The molecule has 0 radical (unpaired) electrons. The second-order valence-corrected chi connectivity index (χ2v) is 10.1. The number of carbonyl (C=O) groups is 1. The Balaban J connectivity index is 1.19. The summed E-state index contributed by atoms with van der Waals surface area (Å²) < 4.78 is 0. The summed E-state index contributed by atoms with van der Waals surface area (Å²) in [5, 5.41) is 3.19. The van der Waals surface area contributed by atoms with Gasteiger partial charge in [0, 0.05) is 17.8 Å². The van der Waals surface area contributed by atoms with E-state index in [0.29, 0.717) is 5.41 Å². The molecule has 1 aromatic carbocycles. The number of rotatable bonds is 4. The molecule has 5 fully saturated rings. The summed E-state index contributed by atoms with van der Waals surface area (Å²) in [5.74, 6) is 2.96. The van der Waals surface area contributed by atoms with Crippen LogP contribution in [0.1, 0.15) is 44.9 Å². The van der Waals surface area contributed by atoms with E-state index in [-0.39, 0.29) is 5.91 Å². The molecule has 0 unspecified atom stereocenters. The fraction of sp³-hybridized carbons (Fsp3) is 0.696. The van der Waals surface area contributed by atoms with Crippen LogP contribution in [0.4, 0.5) is 11.4 Å². The van der Waals surface area contributed by atoms with Crippen molar-refractivity contribution in [1.82, 2.24) is 0 Å². The van der Waals surface area contributed by atoms with Crippen LogP contribution in [0, 0.1) is 23.2 Å². The van der Waals surface area contributed by atoms with Gasteiger partial charge >= 0.3 is 0 Å². The van der Waals surface area contributed by atoms with Gasteiger partial charge in [-0.15, -0.1) is 0 Å². The standard InChI is InChI=1S/C23H33N3O/c1-25-6-8-26(9-7-25)21-4-2-20(3-5-21)24-22(27)16-23-13-17-10-18(14-23)12-19(11-17)15-23/h2-5,17-19H,6-16H2,1H3,(H,24,27)/p+1. The van der Waals surface area contributed by atoms with Crippen molar-refractivity contribution < 1.29 is 9.69 Å². The first-order valence-corrected chi connectivity index (χ1v) is 11.0. The molecule has 1 aromatic rings. The monoisotopic (exact) mass is 368 g/mol. The molecule has 0 aromatic heterocycles. The molecule has 27 heavy (non-hydrogen) atoms. The van der Waals surface area contributed by atoms with Crippen LogP contribution in [0.25, 0.3) is 0 Å². The maximum atomic E-state index is 12.8. The Bertz CT molecular complexity index is 655. The molecule has 1 amide bonds. The van der Waals surface area contributed by atoms with Crippen molar-refractivity contribution in [3.05, 3.63) is 24.3 Å².